The smallest absolute Gasteiger partial charge is 0.258 e. The normalized spacial score (nSPS) is 10.9. The van der Waals surface area contributed by atoms with Gasteiger partial charge < -0.3 is 9.84 Å². The number of carbonyl (C=O) groups is 1. The van der Waals surface area contributed by atoms with Crippen LogP contribution in [0.4, 0.5) is 5.69 Å². The van der Waals surface area contributed by atoms with Crippen LogP contribution in [0.2, 0.25) is 0 Å². The maximum Gasteiger partial charge on any atom is 0.258 e. The number of anilines is 1. The Morgan fingerprint density at radius 1 is 1.07 bits per heavy atom. The minimum absolute atomic E-state index is 0.176. The van der Waals surface area contributed by atoms with E-state index < -0.39 is 0 Å². The number of hydrogen-bond donors (Lipinski definition) is 1. The first kappa shape index (κ1) is 18.3. The maximum absolute atomic E-state index is 12.9. The molecule has 28 heavy (non-hydrogen) atoms. The van der Waals surface area contributed by atoms with Crippen LogP contribution in [0.3, 0.4) is 0 Å². The molecule has 0 saturated heterocycles. The quantitative estimate of drug-likeness (QED) is 0.464. The number of nitrogens with one attached hydrogen (secondary N) is 1. The van der Waals surface area contributed by atoms with E-state index >= 15 is 0 Å². The largest absolute Gasteiger partial charge is 0.361 e. The molecule has 0 bridgehead atoms. The molecule has 0 fully saturated rings. The van der Waals surface area contributed by atoms with Gasteiger partial charge in [-0.3, -0.25) is 4.79 Å². The first-order valence-electron chi connectivity index (χ1n) is 8.91. The summed E-state index contributed by atoms with van der Waals surface area (Å²) in [7, 11) is 0. The molecule has 1 amide bonds. The number of fused-ring (bicyclic) bond motifs is 1. The Morgan fingerprint density at radius 2 is 1.89 bits per heavy atom. The van der Waals surface area contributed by atoms with Crippen molar-refractivity contribution >= 4 is 34.1 Å². The number of rotatable bonds is 5. The van der Waals surface area contributed by atoms with Gasteiger partial charge >= 0.3 is 0 Å². The van der Waals surface area contributed by atoms with Crippen LogP contribution < -0.4 is 5.32 Å². The molecule has 6 heteroatoms. The van der Waals surface area contributed by atoms with Gasteiger partial charge in [0, 0.05) is 23.2 Å². The second kappa shape index (κ2) is 7.86. The first-order valence-corrected chi connectivity index (χ1v) is 9.90. The molecule has 1 N–H and O–H groups in total. The van der Waals surface area contributed by atoms with E-state index in [0.717, 1.165) is 33.5 Å². The molecular formula is C22H19N3O2S. The number of thioether (sulfide) groups is 1. The molecule has 2 heterocycles. The Hall–Kier alpha value is -3.12. The van der Waals surface area contributed by atoms with E-state index in [4.69, 9.17) is 4.52 Å². The summed E-state index contributed by atoms with van der Waals surface area (Å²) >= 11 is 1.50. The van der Waals surface area contributed by atoms with Crippen LogP contribution in [-0.4, -0.2) is 16.0 Å². The van der Waals surface area contributed by atoms with Gasteiger partial charge in [-0.2, -0.15) is 0 Å². The average Bonchev–Trinajstić information content (AvgIpc) is 3.04. The Bertz CT molecular complexity index is 1130. The number of hydrogen-bond acceptors (Lipinski definition) is 5. The third-order valence-corrected chi connectivity index (χ3v) is 5.59. The standard InChI is InChI=1S/C22H19N3O2S/c1-14-20(15(2)27-25-14)13-28-22-19(8-5-11-23-22)21(26)24-18-10-9-16-6-3-4-7-17(16)12-18/h3-12H,13H2,1-2H3,(H,24,26). The van der Waals surface area contributed by atoms with Crippen molar-refractivity contribution in [2.45, 2.75) is 24.6 Å². The summed E-state index contributed by atoms with van der Waals surface area (Å²) in [6, 6.07) is 17.5. The molecule has 140 valence electrons. The highest BCUT2D eigenvalue weighted by molar-refractivity contribution is 7.98. The lowest BCUT2D eigenvalue weighted by atomic mass is 10.1. The third kappa shape index (κ3) is 3.77. The van der Waals surface area contributed by atoms with Crippen molar-refractivity contribution in [2.75, 3.05) is 5.32 Å². The first-order chi connectivity index (χ1) is 13.6. The van der Waals surface area contributed by atoms with E-state index in [2.05, 4.69) is 15.5 Å². The molecule has 4 rings (SSSR count). The molecular weight excluding hydrogens is 370 g/mol. The number of pyridine rings is 1. The summed E-state index contributed by atoms with van der Waals surface area (Å²) < 4.78 is 5.21. The van der Waals surface area contributed by atoms with Gasteiger partial charge in [-0.1, -0.05) is 35.5 Å². The fourth-order valence-electron chi connectivity index (χ4n) is 2.99. The highest BCUT2D eigenvalue weighted by Crippen LogP contribution is 2.28. The highest BCUT2D eigenvalue weighted by atomic mass is 32.2. The lowest BCUT2D eigenvalue weighted by Gasteiger charge is -2.10. The zero-order valence-electron chi connectivity index (χ0n) is 15.6. The number of carbonyl (C=O) groups excluding carboxylic acids is 1. The van der Waals surface area contributed by atoms with Gasteiger partial charge in [0.15, 0.2) is 0 Å². The van der Waals surface area contributed by atoms with Crippen molar-refractivity contribution in [3.8, 4) is 0 Å². The summed E-state index contributed by atoms with van der Waals surface area (Å²) in [5.74, 6) is 1.27. The molecule has 5 nitrogen and oxygen atoms in total. The third-order valence-electron chi connectivity index (χ3n) is 4.56. The summed E-state index contributed by atoms with van der Waals surface area (Å²) in [4.78, 5) is 17.3. The summed E-state index contributed by atoms with van der Waals surface area (Å²) in [6.07, 6.45) is 1.70. The minimum Gasteiger partial charge on any atom is -0.361 e. The maximum atomic E-state index is 12.9. The van der Waals surface area contributed by atoms with Crippen molar-refractivity contribution in [2.24, 2.45) is 0 Å². The molecule has 0 aliphatic heterocycles. The van der Waals surface area contributed by atoms with E-state index in [1.165, 1.54) is 11.8 Å². The van der Waals surface area contributed by atoms with E-state index in [1.54, 1.807) is 18.3 Å². The number of benzene rings is 2. The molecule has 0 aliphatic carbocycles. The average molecular weight is 389 g/mol. The molecule has 0 unspecified atom stereocenters. The summed E-state index contributed by atoms with van der Waals surface area (Å²) in [5.41, 5.74) is 3.21. The Kier molecular flexibility index (Phi) is 5.12. The van der Waals surface area contributed by atoms with Gasteiger partial charge in [0.2, 0.25) is 0 Å². The van der Waals surface area contributed by atoms with E-state index in [-0.39, 0.29) is 5.91 Å². The fourth-order valence-corrected chi connectivity index (χ4v) is 4.14. The lowest BCUT2D eigenvalue weighted by Crippen LogP contribution is -2.13. The molecule has 0 radical (unpaired) electrons. The molecule has 4 aromatic rings. The number of amides is 1. The van der Waals surface area contributed by atoms with Crippen molar-refractivity contribution in [3.63, 3.8) is 0 Å². The van der Waals surface area contributed by atoms with E-state index in [1.807, 2.05) is 56.3 Å². The second-order valence-electron chi connectivity index (χ2n) is 6.46. The van der Waals surface area contributed by atoms with Crippen LogP contribution >= 0.6 is 11.8 Å². The summed E-state index contributed by atoms with van der Waals surface area (Å²) in [6.45, 7) is 3.81. The number of aryl methyl sites for hydroxylation is 2. The Labute approximate surface area is 167 Å². The van der Waals surface area contributed by atoms with Crippen LogP contribution in [0.25, 0.3) is 10.8 Å². The Morgan fingerprint density at radius 3 is 2.68 bits per heavy atom. The molecule has 0 saturated carbocycles. The Balaban J connectivity index is 1.54. The zero-order valence-corrected chi connectivity index (χ0v) is 16.4. The lowest BCUT2D eigenvalue weighted by molar-refractivity contribution is 0.102. The van der Waals surface area contributed by atoms with E-state index in [0.29, 0.717) is 16.3 Å². The van der Waals surface area contributed by atoms with Gasteiger partial charge in [-0.05, 0) is 48.9 Å². The van der Waals surface area contributed by atoms with Gasteiger partial charge in [0.1, 0.15) is 10.8 Å². The second-order valence-corrected chi connectivity index (χ2v) is 7.43. The van der Waals surface area contributed by atoms with Crippen molar-refractivity contribution in [1.29, 1.82) is 0 Å². The van der Waals surface area contributed by atoms with Gasteiger partial charge in [0.25, 0.3) is 5.91 Å². The van der Waals surface area contributed by atoms with Crippen molar-refractivity contribution in [1.82, 2.24) is 10.1 Å². The number of aromatic nitrogens is 2. The molecule has 0 aliphatic rings. The molecule has 2 aromatic carbocycles. The molecule has 0 spiro atoms. The summed E-state index contributed by atoms with van der Waals surface area (Å²) in [5, 5.41) is 9.86. The van der Waals surface area contributed by atoms with Crippen LogP contribution in [-0.2, 0) is 5.75 Å². The highest BCUT2D eigenvalue weighted by Gasteiger charge is 2.16. The van der Waals surface area contributed by atoms with E-state index in [9.17, 15) is 4.79 Å². The van der Waals surface area contributed by atoms with Crippen LogP contribution in [0.5, 0.6) is 0 Å². The molecule has 0 atom stereocenters. The van der Waals surface area contributed by atoms with Crippen molar-refractivity contribution in [3.05, 3.63) is 83.4 Å². The number of nitrogens with zero attached hydrogens (tertiary/aromatic N) is 2. The topological polar surface area (TPSA) is 68.0 Å². The fraction of sp³-hybridized carbons (Fsp3) is 0.136. The molecule has 2 aromatic heterocycles. The van der Waals surface area contributed by atoms with Crippen LogP contribution in [0, 0.1) is 13.8 Å². The monoisotopic (exact) mass is 389 g/mol. The van der Waals surface area contributed by atoms with Crippen LogP contribution in [0.15, 0.2) is 70.3 Å². The predicted molar refractivity (Wildman–Crippen MR) is 112 cm³/mol. The predicted octanol–water partition coefficient (Wildman–Crippen LogP) is 5.38. The van der Waals surface area contributed by atoms with Gasteiger partial charge in [0.05, 0.1) is 11.3 Å². The SMILES string of the molecule is Cc1noc(C)c1CSc1ncccc1C(=O)Nc1ccc2ccccc2c1. The van der Waals surface area contributed by atoms with Crippen molar-refractivity contribution < 1.29 is 9.32 Å². The van der Waals surface area contributed by atoms with Gasteiger partial charge in [-0.15, -0.1) is 11.8 Å². The minimum atomic E-state index is -0.176. The van der Waals surface area contributed by atoms with Gasteiger partial charge in [-0.25, -0.2) is 4.98 Å². The van der Waals surface area contributed by atoms with Crippen LogP contribution in [0.1, 0.15) is 27.4 Å². The zero-order chi connectivity index (χ0) is 19.5.